The van der Waals surface area contributed by atoms with E-state index in [1.807, 2.05) is 0 Å². The third kappa shape index (κ3) is 37.8. The normalized spacial score (nSPS) is 13.2. The topological polar surface area (TPSA) is 95.9 Å². The Morgan fingerprint density at radius 2 is 0.778 bits per heavy atom. The molecule has 0 bridgehead atoms. The molecule has 1 amide bonds. The summed E-state index contributed by atoms with van der Waals surface area (Å²) in [5, 5.41) is 23.6. The lowest BCUT2D eigenvalue weighted by molar-refractivity contribution is -0.151. The van der Waals surface area contributed by atoms with Crippen LogP contribution in [0.25, 0.3) is 0 Å². The number of carbonyl (C=O) groups is 2. The first kappa shape index (κ1) is 52.9. The van der Waals surface area contributed by atoms with Gasteiger partial charge < -0.3 is 20.3 Å². The molecule has 0 aromatic carbocycles. The highest BCUT2D eigenvalue weighted by Gasteiger charge is 2.24. The lowest BCUT2D eigenvalue weighted by atomic mass is 10.0. The molecular weight excluding hydrogens is 671 g/mol. The summed E-state index contributed by atoms with van der Waals surface area (Å²) in [6.45, 7) is 6.48. The van der Waals surface area contributed by atoms with E-state index in [4.69, 9.17) is 4.74 Å². The summed E-state index contributed by atoms with van der Waals surface area (Å²) in [5.74, 6) is -0.456. The summed E-state index contributed by atoms with van der Waals surface area (Å²) in [7, 11) is 0. The smallest absolute Gasteiger partial charge is 0.306 e. The molecule has 6 nitrogen and oxygen atoms in total. The zero-order chi connectivity index (χ0) is 39.6. The summed E-state index contributed by atoms with van der Waals surface area (Å²) in [6.07, 6.45) is 44.4. The molecule has 0 aliphatic carbocycles. The van der Waals surface area contributed by atoms with Gasteiger partial charge in [-0.3, -0.25) is 9.59 Å². The van der Waals surface area contributed by atoms with Crippen molar-refractivity contribution in [2.24, 2.45) is 0 Å². The van der Waals surface area contributed by atoms with Crippen LogP contribution in [0, 0.1) is 0 Å². The van der Waals surface area contributed by atoms with Crippen molar-refractivity contribution in [1.29, 1.82) is 0 Å². The average molecular weight is 766 g/mol. The maximum Gasteiger partial charge on any atom is 0.306 e. The standard InChI is InChI=1S/C48H95NO5/c1-4-7-10-13-16-19-22-23-24-26-27-30-33-36-39-44(54-48(53)41-38-35-32-29-25-20-17-14-11-8-5-2)42-47(52)49-45(43-50)46(51)40-37-34-31-28-21-18-15-12-9-6-3/h44-46,50-51H,4-43H2,1-3H3,(H,49,52). The predicted molar refractivity (Wildman–Crippen MR) is 232 cm³/mol. The van der Waals surface area contributed by atoms with Gasteiger partial charge in [-0.2, -0.15) is 0 Å². The first-order valence-corrected chi connectivity index (χ1v) is 24.3. The van der Waals surface area contributed by atoms with E-state index < -0.39 is 18.2 Å². The maximum atomic E-state index is 13.1. The molecule has 0 fully saturated rings. The average Bonchev–Trinajstić information content (AvgIpc) is 3.16. The van der Waals surface area contributed by atoms with E-state index in [2.05, 4.69) is 26.1 Å². The zero-order valence-corrected chi connectivity index (χ0v) is 36.6. The third-order valence-electron chi connectivity index (χ3n) is 11.4. The van der Waals surface area contributed by atoms with E-state index in [0.29, 0.717) is 19.3 Å². The highest BCUT2D eigenvalue weighted by atomic mass is 16.5. The number of esters is 1. The van der Waals surface area contributed by atoms with Crippen LogP contribution in [0.3, 0.4) is 0 Å². The SMILES string of the molecule is CCCCCCCCCCCCCCCCC(CC(=O)NC(CO)C(O)CCCCCCCCCCCC)OC(=O)CCCCCCCCCCCCC. The Kier molecular flexibility index (Phi) is 42.1. The molecule has 0 radical (unpaired) electrons. The molecule has 0 aliphatic rings. The fraction of sp³-hybridized carbons (Fsp3) is 0.958. The highest BCUT2D eigenvalue weighted by molar-refractivity contribution is 5.77. The molecule has 3 unspecified atom stereocenters. The number of ether oxygens (including phenoxy) is 1. The van der Waals surface area contributed by atoms with Crippen LogP contribution in [0.4, 0.5) is 0 Å². The van der Waals surface area contributed by atoms with Crippen LogP contribution in [0.1, 0.15) is 271 Å². The Hall–Kier alpha value is -1.14. The summed E-state index contributed by atoms with van der Waals surface area (Å²) >= 11 is 0. The van der Waals surface area contributed by atoms with E-state index in [-0.39, 0.29) is 24.9 Å². The molecule has 322 valence electrons. The minimum Gasteiger partial charge on any atom is -0.462 e. The minimum absolute atomic E-state index is 0.0872. The number of unbranched alkanes of at least 4 members (excludes halogenated alkanes) is 32. The van der Waals surface area contributed by atoms with Gasteiger partial charge >= 0.3 is 5.97 Å². The third-order valence-corrected chi connectivity index (χ3v) is 11.4. The Balaban J connectivity index is 4.54. The fourth-order valence-corrected chi connectivity index (χ4v) is 7.73. The maximum absolute atomic E-state index is 13.1. The minimum atomic E-state index is -0.777. The summed E-state index contributed by atoms with van der Waals surface area (Å²) < 4.78 is 5.92. The number of hydrogen-bond donors (Lipinski definition) is 3. The summed E-state index contributed by atoms with van der Waals surface area (Å²) in [6, 6.07) is -0.690. The number of nitrogens with one attached hydrogen (secondary N) is 1. The van der Waals surface area contributed by atoms with Gasteiger partial charge in [-0.15, -0.1) is 0 Å². The molecule has 0 aromatic rings. The van der Waals surface area contributed by atoms with Crippen LogP contribution in [-0.2, 0) is 14.3 Å². The molecule has 0 rings (SSSR count). The van der Waals surface area contributed by atoms with Crippen molar-refractivity contribution in [2.45, 2.75) is 289 Å². The van der Waals surface area contributed by atoms with Crippen molar-refractivity contribution in [3.8, 4) is 0 Å². The lowest BCUT2D eigenvalue weighted by Gasteiger charge is -2.24. The van der Waals surface area contributed by atoms with Crippen molar-refractivity contribution < 1.29 is 24.5 Å². The van der Waals surface area contributed by atoms with Gasteiger partial charge in [0.15, 0.2) is 0 Å². The van der Waals surface area contributed by atoms with Crippen LogP contribution in [0.5, 0.6) is 0 Å². The lowest BCUT2D eigenvalue weighted by Crippen LogP contribution is -2.46. The first-order chi connectivity index (χ1) is 26.5. The van der Waals surface area contributed by atoms with Crippen molar-refractivity contribution in [3.63, 3.8) is 0 Å². The van der Waals surface area contributed by atoms with E-state index in [1.165, 1.54) is 180 Å². The molecule has 0 aromatic heterocycles. The van der Waals surface area contributed by atoms with Gasteiger partial charge in [0.1, 0.15) is 6.10 Å². The number of aliphatic hydroxyl groups excluding tert-OH is 2. The Bertz CT molecular complexity index is 776. The largest absolute Gasteiger partial charge is 0.462 e. The van der Waals surface area contributed by atoms with Gasteiger partial charge in [-0.05, 0) is 25.7 Å². The number of carbonyl (C=O) groups excluding carboxylic acids is 2. The Morgan fingerprint density at radius 1 is 0.463 bits per heavy atom. The molecule has 54 heavy (non-hydrogen) atoms. The highest BCUT2D eigenvalue weighted by Crippen LogP contribution is 2.18. The monoisotopic (exact) mass is 766 g/mol. The van der Waals surface area contributed by atoms with Gasteiger partial charge in [-0.25, -0.2) is 0 Å². The summed E-state index contributed by atoms with van der Waals surface area (Å²) in [5.41, 5.74) is 0. The zero-order valence-electron chi connectivity index (χ0n) is 36.6. The van der Waals surface area contributed by atoms with Gasteiger partial charge in [0.2, 0.25) is 5.91 Å². The number of amides is 1. The molecule has 0 aliphatic heterocycles. The second kappa shape index (κ2) is 43.0. The molecule has 0 heterocycles. The number of aliphatic hydroxyl groups is 2. The predicted octanol–water partition coefficient (Wildman–Crippen LogP) is 14.0. The molecular formula is C48H95NO5. The number of rotatable bonds is 44. The van der Waals surface area contributed by atoms with Crippen molar-refractivity contribution >= 4 is 11.9 Å². The summed E-state index contributed by atoms with van der Waals surface area (Å²) in [4.78, 5) is 26.0. The van der Waals surface area contributed by atoms with Gasteiger partial charge in [0, 0.05) is 6.42 Å². The number of hydrogen-bond acceptors (Lipinski definition) is 5. The quantitative estimate of drug-likeness (QED) is 0.0424. The first-order valence-electron chi connectivity index (χ1n) is 24.3. The molecule has 3 N–H and O–H groups in total. The molecule has 6 heteroatoms. The molecule has 0 saturated heterocycles. The van der Waals surface area contributed by atoms with Gasteiger partial charge in [0.05, 0.1) is 25.2 Å². The second-order valence-electron chi connectivity index (χ2n) is 16.9. The van der Waals surface area contributed by atoms with Gasteiger partial charge in [0.25, 0.3) is 0 Å². The molecule has 0 saturated carbocycles. The van der Waals surface area contributed by atoms with Crippen LogP contribution in [0.2, 0.25) is 0 Å². The fourth-order valence-electron chi connectivity index (χ4n) is 7.73. The van der Waals surface area contributed by atoms with Crippen molar-refractivity contribution in [3.05, 3.63) is 0 Å². The van der Waals surface area contributed by atoms with E-state index in [9.17, 15) is 19.8 Å². The Morgan fingerprint density at radius 3 is 1.13 bits per heavy atom. The Labute approximate surface area is 336 Å². The molecule has 0 spiro atoms. The van der Waals surface area contributed by atoms with Crippen LogP contribution in [-0.4, -0.2) is 46.9 Å². The van der Waals surface area contributed by atoms with Gasteiger partial charge in [-0.1, -0.05) is 233 Å². The van der Waals surface area contributed by atoms with Crippen LogP contribution < -0.4 is 5.32 Å². The second-order valence-corrected chi connectivity index (χ2v) is 16.9. The van der Waals surface area contributed by atoms with E-state index >= 15 is 0 Å². The molecule has 3 atom stereocenters. The van der Waals surface area contributed by atoms with E-state index in [1.54, 1.807) is 0 Å². The van der Waals surface area contributed by atoms with Crippen molar-refractivity contribution in [2.75, 3.05) is 6.61 Å². The van der Waals surface area contributed by atoms with Crippen LogP contribution in [0.15, 0.2) is 0 Å². The van der Waals surface area contributed by atoms with Crippen molar-refractivity contribution in [1.82, 2.24) is 5.32 Å². The van der Waals surface area contributed by atoms with Crippen LogP contribution >= 0.6 is 0 Å². The van der Waals surface area contributed by atoms with E-state index in [0.717, 1.165) is 44.9 Å².